The van der Waals surface area contributed by atoms with Crippen molar-refractivity contribution in [2.24, 2.45) is 5.92 Å². The van der Waals surface area contributed by atoms with Gasteiger partial charge in [0.2, 0.25) is 0 Å². The first-order valence-corrected chi connectivity index (χ1v) is 6.92. The van der Waals surface area contributed by atoms with Gasteiger partial charge in [0.05, 0.1) is 11.7 Å². The van der Waals surface area contributed by atoms with Gasteiger partial charge in [0.25, 0.3) is 0 Å². The molecule has 1 aromatic heterocycles. The highest BCUT2D eigenvalue weighted by atomic mass is 19.1. The summed E-state index contributed by atoms with van der Waals surface area (Å²) in [5, 5.41) is 10.8. The number of nitrogens with zero attached hydrogens (tertiary/aromatic N) is 2. The first kappa shape index (κ1) is 14.4. The molecule has 1 heterocycles. The summed E-state index contributed by atoms with van der Waals surface area (Å²) in [5.74, 6) is 0.130. The average Bonchev–Trinajstić information content (AvgIpc) is 2.38. The fourth-order valence-corrected chi connectivity index (χ4v) is 3.36. The lowest BCUT2D eigenvalue weighted by Crippen LogP contribution is -2.52. The van der Waals surface area contributed by atoms with Gasteiger partial charge in [-0.15, -0.1) is 0 Å². The summed E-state index contributed by atoms with van der Waals surface area (Å²) in [6, 6.07) is 1.59. The van der Waals surface area contributed by atoms with Crippen LogP contribution in [0.15, 0.2) is 18.5 Å². The fourth-order valence-electron chi connectivity index (χ4n) is 3.36. The number of halogens is 1. The van der Waals surface area contributed by atoms with Crippen LogP contribution in [0.5, 0.6) is 0 Å². The van der Waals surface area contributed by atoms with E-state index in [0.717, 1.165) is 19.3 Å². The molecular formula is C15H23FN2O. The molecule has 0 saturated heterocycles. The molecule has 2 rings (SSSR count). The van der Waals surface area contributed by atoms with Crippen molar-refractivity contribution in [3.63, 3.8) is 0 Å². The van der Waals surface area contributed by atoms with Crippen LogP contribution in [-0.2, 0) is 0 Å². The van der Waals surface area contributed by atoms with E-state index >= 15 is 0 Å². The van der Waals surface area contributed by atoms with Crippen molar-refractivity contribution in [3.8, 4) is 0 Å². The van der Waals surface area contributed by atoms with Gasteiger partial charge in [0, 0.05) is 11.8 Å². The smallest absolute Gasteiger partial charge is 0.147 e. The van der Waals surface area contributed by atoms with Gasteiger partial charge in [-0.05, 0) is 38.9 Å². The van der Waals surface area contributed by atoms with Crippen LogP contribution in [0, 0.1) is 11.7 Å². The van der Waals surface area contributed by atoms with Crippen LogP contribution < -0.4 is 0 Å². The second-order valence-electron chi connectivity index (χ2n) is 6.00. The number of aliphatic hydroxyl groups is 1. The molecule has 4 heteroatoms. The Bertz CT molecular complexity index is 438. The van der Waals surface area contributed by atoms with Crippen molar-refractivity contribution in [2.75, 3.05) is 14.1 Å². The van der Waals surface area contributed by atoms with E-state index in [1.807, 2.05) is 14.1 Å². The highest BCUT2D eigenvalue weighted by Crippen LogP contribution is 2.44. The lowest BCUT2D eigenvalue weighted by atomic mass is 9.71. The maximum atomic E-state index is 13.9. The van der Waals surface area contributed by atoms with E-state index in [-0.39, 0.29) is 5.54 Å². The van der Waals surface area contributed by atoms with Gasteiger partial charge in [-0.25, -0.2) is 4.39 Å². The first-order chi connectivity index (χ1) is 8.97. The number of rotatable bonds is 3. The minimum atomic E-state index is -0.812. The molecule has 3 nitrogen and oxygen atoms in total. The maximum Gasteiger partial charge on any atom is 0.147 e. The lowest BCUT2D eigenvalue weighted by molar-refractivity contribution is -0.0466. The topological polar surface area (TPSA) is 36.4 Å². The first-order valence-electron chi connectivity index (χ1n) is 6.92. The summed E-state index contributed by atoms with van der Waals surface area (Å²) in [6.07, 6.45) is 5.94. The van der Waals surface area contributed by atoms with Gasteiger partial charge < -0.3 is 10.0 Å². The summed E-state index contributed by atoms with van der Waals surface area (Å²) in [7, 11) is 3.95. The SMILES string of the molecule is CC1CCCC(C(O)c2ccncc2F)(N(C)C)C1. The van der Waals surface area contributed by atoms with Crippen molar-refractivity contribution in [1.29, 1.82) is 0 Å². The van der Waals surface area contributed by atoms with Gasteiger partial charge in [-0.2, -0.15) is 0 Å². The molecule has 0 bridgehead atoms. The van der Waals surface area contributed by atoms with Crippen molar-refractivity contribution >= 4 is 0 Å². The largest absolute Gasteiger partial charge is 0.386 e. The quantitative estimate of drug-likeness (QED) is 0.914. The van der Waals surface area contributed by atoms with Crippen molar-refractivity contribution < 1.29 is 9.50 Å². The Morgan fingerprint density at radius 2 is 2.26 bits per heavy atom. The van der Waals surface area contributed by atoms with Crippen LogP contribution in [0.4, 0.5) is 4.39 Å². The molecule has 0 radical (unpaired) electrons. The van der Waals surface area contributed by atoms with E-state index in [1.54, 1.807) is 6.07 Å². The van der Waals surface area contributed by atoms with Gasteiger partial charge in [0.15, 0.2) is 0 Å². The second kappa shape index (κ2) is 5.55. The standard InChI is InChI=1S/C15H23FN2O/c1-11-5-4-7-15(9-11,18(2)3)14(19)12-6-8-17-10-13(12)16/h6,8,10-11,14,19H,4-5,7,9H2,1-3H3. The third kappa shape index (κ3) is 2.65. The molecule has 0 aliphatic heterocycles. The third-order valence-electron chi connectivity index (χ3n) is 4.51. The zero-order valence-electron chi connectivity index (χ0n) is 11.9. The summed E-state index contributed by atoms with van der Waals surface area (Å²) < 4.78 is 13.9. The summed E-state index contributed by atoms with van der Waals surface area (Å²) in [4.78, 5) is 5.82. The summed E-state index contributed by atoms with van der Waals surface area (Å²) >= 11 is 0. The highest BCUT2D eigenvalue weighted by Gasteiger charge is 2.44. The van der Waals surface area contributed by atoms with E-state index < -0.39 is 11.9 Å². The van der Waals surface area contributed by atoms with Crippen LogP contribution in [0.25, 0.3) is 0 Å². The maximum absolute atomic E-state index is 13.9. The van der Waals surface area contributed by atoms with Crippen LogP contribution in [0.3, 0.4) is 0 Å². The number of likely N-dealkylation sites (N-methyl/N-ethyl adjacent to an activating group) is 1. The van der Waals surface area contributed by atoms with Crippen molar-refractivity contribution in [3.05, 3.63) is 29.8 Å². The molecule has 3 atom stereocenters. The van der Waals surface area contributed by atoms with E-state index in [2.05, 4.69) is 16.8 Å². The highest BCUT2D eigenvalue weighted by molar-refractivity contribution is 5.21. The molecule has 1 aliphatic carbocycles. The van der Waals surface area contributed by atoms with Gasteiger partial charge in [-0.1, -0.05) is 19.8 Å². The number of hydrogen-bond donors (Lipinski definition) is 1. The van der Waals surface area contributed by atoms with Gasteiger partial charge in [-0.3, -0.25) is 4.98 Å². The molecule has 1 saturated carbocycles. The van der Waals surface area contributed by atoms with Gasteiger partial charge in [0.1, 0.15) is 11.9 Å². The van der Waals surface area contributed by atoms with E-state index in [4.69, 9.17) is 0 Å². The Labute approximate surface area is 114 Å². The van der Waals surface area contributed by atoms with Crippen molar-refractivity contribution in [1.82, 2.24) is 9.88 Å². The predicted octanol–water partition coefficient (Wildman–Crippen LogP) is 2.76. The summed E-state index contributed by atoms with van der Waals surface area (Å²) in [5.41, 5.74) is -0.0161. The lowest BCUT2D eigenvalue weighted by Gasteiger charge is -2.48. The zero-order chi connectivity index (χ0) is 14.0. The molecule has 1 aromatic rings. The van der Waals surface area contributed by atoms with Crippen molar-refractivity contribution in [2.45, 2.75) is 44.2 Å². The normalized spacial score (nSPS) is 29.5. The molecule has 1 fully saturated rings. The number of aromatic nitrogens is 1. The molecular weight excluding hydrogens is 243 g/mol. The van der Waals surface area contributed by atoms with Crippen LogP contribution >= 0.6 is 0 Å². The fraction of sp³-hybridized carbons (Fsp3) is 0.667. The van der Waals surface area contributed by atoms with E-state index in [1.165, 1.54) is 18.8 Å². The Balaban J connectivity index is 2.36. The second-order valence-corrected chi connectivity index (χ2v) is 6.00. The number of hydrogen-bond acceptors (Lipinski definition) is 3. The van der Waals surface area contributed by atoms with E-state index in [0.29, 0.717) is 11.5 Å². The van der Waals surface area contributed by atoms with Crippen LogP contribution in [0.2, 0.25) is 0 Å². The molecule has 106 valence electrons. The number of aliphatic hydroxyl groups excluding tert-OH is 1. The molecule has 0 amide bonds. The third-order valence-corrected chi connectivity index (χ3v) is 4.51. The van der Waals surface area contributed by atoms with E-state index in [9.17, 15) is 9.50 Å². The van der Waals surface area contributed by atoms with Gasteiger partial charge >= 0.3 is 0 Å². The summed E-state index contributed by atoms with van der Waals surface area (Å²) in [6.45, 7) is 2.20. The minimum absolute atomic E-state index is 0.359. The van der Waals surface area contributed by atoms with Crippen LogP contribution in [0.1, 0.15) is 44.3 Å². The zero-order valence-corrected chi connectivity index (χ0v) is 11.9. The number of pyridine rings is 1. The molecule has 3 unspecified atom stereocenters. The molecule has 19 heavy (non-hydrogen) atoms. The molecule has 0 spiro atoms. The monoisotopic (exact) mass is 266 g/mol. The Morgan fingerprint density at radius 1 is 1.53 bits per heavy atom. The van der Waals surface area contributed by atoms with Crippen LogP contribution in [-0.4, -0.2) is 34.6 Å². The average molecular weight is 266 g/mol. The Hall–Kier alpha value is -1.00. The molecule has 1 N–H and O–H groups in total. The Kier molecular flexibility index (Phi) is 4.21. The Morgan fingerprint density at radius 3 is 2.84 bits per heavy atom. The molecule has 0 aromatic carbocycles. The molecule has 1 aliphatic rings. The minimum Gasteiger partial charge on any atom is -0.386 e. The predicted molar refractivity (Wildman–Crippen MR) is 73.2 cm³/mol.